The molecule has 0 aliphatic carbocycles. The number of hydrogen-bond acceptors (Lipinski definition) is 4. The van der Waals surface area contributed by atoms with Crippen LogP contribution in [0.5, 0.6) is 0 Å². The van der Waals surface area contributed by atoms with Gasteiger partial charge in [0.05, 0.1) is 17.8 Å². The average Bonchev–Trinajstić information content (AvgIpc) is 2.59. The number of halogens is 2. The van der Waals surface area contributed by atoms with Crippen LogP contribution in [0.25, 0.3) is 10.9 Å². The molecule has 0 spiro atoms. The van der Waals surface area contributed by atoms with E-state index >= 15 is 0 Å². The van der Waals surface area contributed by atoms with E-state index in [1.54, 1.807) is 13.0 Å². The van der Waals surface area contributed by atoms with Gasteiger partial charge in [-0.3, -0.25) is 4.98 Å². The summed E-state index contributed by atoms with van der Waals surface area (Å²) in [5.41, 5.74) is 4.32. The maximum atomic E-state index is 12.5. The van der Waals surface area contributed by atoms with E-state index in [4.69, 9.17) is 27.9 Å². The monoisotopic (exact) mass is 388 g/mol. The lowest BCUT2D eigenvalue weighted by atomic mass is 10.0. The summed E-state index contributed by atoms with van der Waals surface area (Å²) in [5, 5.41) is 5.30. The van der Waals surface area contributed by atoms with Crippen LogP contribution in [0.4, 0.5) is 11.4 Å². The third kappa shape index (κ3) is 3.48. The van der Waals surface area contributed by atoms with Crippen LogP contribution in [0.1, 0.15) is 28.4 Å². The standard InChI is InChI=1S/C20H18Cl2N2O2/c1-4-26-20(25)15-10-23-18-11(2)8-13(21)9-14(18)19(15)24-17-7-5-6-16(22)12(17)3/h5-10H,4H2,1-3H3,(H,23,24). The number of carbonyl (C=O) groups is 1. The van der Waals surface area contributed by atoms with Crippen LogP contribution in [0.2, 0.25) is 10.0 Å². The van der Waals surface area contributed by atoms with Crippen LogP contribution in [0.15, 0.2) is 36.5 Å². The topological polar surface area (TPSA) is 51.2 Å². The van der Waals surface area contributed by atoms with E-state index in [2.05, 4.69) is 10.3 Å². The molecule has 0 bridgehead atoms. The van der Waals surface area contributed by atoms with Gasteiger partial charge in [-0.15, -0.1) is 0 Å². The van der Waals surface area contributed by atoms with Crippen molar-refractivity contribution in [3.63, 3.8) is 0 Å². The number of pyridine rings is 1. The van der Waals surface area contributed by atoms with Crippen molar-refractivity contribution < 1.29 is 9.53 Å². The van der Waals surface area contributed by atoms with E-state index in [0.717, 1.165) is 27.7 Å². The lowest BCUT2D eigenvalue weighted by Crippen LogP contribution is -2.10. The summed E-state index contributed by atoms with van der Waals surface area (Å²) in [6.45, 7) is 5.89. The molecule has 6 heteroatoms. The fourth-order valence-electron chi connectivity index (χ4n) is 2.81. The summed E-state index contributed by atoms with van der Waals surface area (Å²) in [5.74, 6) is -0.443. The Morgan fingerprint density at radius 1 is 1.23 bits per heavy atom. The normalized spacial score (nSPS) is 10.8. The zero-order valence-corrected chi connectivity index (χ0v) is 16.2. The lowest BCUT2D eigenvalue weighted by Gasteiger charge is -2.17. The number of aromatic nitrogens is 1. The summed E-state index contributed by atoms with van der Waals surface area (Å²) < 4.78 is 5.19. The van der Waals surface area contributed by atoms with Gasteiger partial charge in [0.15, 0.2) is 0 Å². The second-order valence-electron chi connectivity index (χ2n) is 5.92. The third-order valence-corrected chi connectivity index (χ3v) is 4.78. The molecule has 3 rings (SSSR count). The van der Waals surface area contributed by atoms with Crippen molar-refractivity contribution in [3.8, 4) is 0 Å². The van der Waals surface area contributed by atoms with Crippen molar-refractivity contribution in [3.05, 3.63) is 63.3 Å². The Kier molecular flexibility index (Phi) is 5.35. The number of aryl methyl sites for hydroxylation is 1. The van der Waals surface area contributed by atoms with Gasteiger partial charge in [0, 0.05) is 27.3 Å². The van der Waals surface area contributed by atoms with Crippen molar-refractivity contribution in [2.75, 3.05) is 11.9 Å². The molecule has 1 aromatic heterocycles. The Hall–Kier alpha value is -2.30. The number of rotatable bonds is 4. The minimum absolute atomic E-state index is 0.279. The van der Waals surface area contributed by atoms with Crippen LogP contribution in [-0.2, 0) is 4.74 Å². The zero-order chi connectivity index (χ0) is 18.8. The highest BCUT2D eigenvalue weighted by Crippen LogP contribution is 2.35. The molecule has 26 heavy (non-hydrogen) atoms. The van der Waals surface area contributed by atoms with E-state index in [9.17, 15) is 4.79 Å². The molecule has 0 unspecified atom stereocenters. The van der Waals surface area contributed by atoms with E-state index in [-0.39, 0.29) is 6.61 Å². The maximum Gasteiger partial charge on any atom is 0.341 e. The first-order chi connectivity index (χ1) is 12.4. The molecule has 134 valence electrons. The number of benzene rings is 2. The molecule has 2 aromatic carbocycles. The molecule has 0 aliphatic rings. The SMILES string of the molecule is CCOC(=O)c1cnc2c(C)cc(Cl)cc2c1Nc1cccc(Cl)c1C. The molecule has 0 saturated heterocycles. The van der Waals surface area contributed by atoms with Crippen molar-refractivity contribution in [1.82, 2.24) is 4.98 Å². The fraction of sp³-hybridized carbons (Fsp3) is 0.200. The van der Waals surface area contributed by atoms with Crippen LogP contribution < -0.4 is 5.32 Å². The molecule has 1 N–H and O–H groups in total. The first-order valence-corrected chi connectivity index (χ1v) is 8.96. The molecule has 0 fully saturated rings. The Bertz CT molecular complexity index is 1000. The highest BCUT2D eigenvalue weighted by atomic mass is 35.5. The van der Waals surface area contributed by atoms with Gasteiger partial charge < -0.3 is 10.1 Å². The first kappa shape index (κ1) is 18.5. The number of nitrogens with one attached hydrogen (secondary N) is 1. The summed E-state index contributed by atoms with van der Waals surface area (Å²) in [6.07, 6.45) is 1.53. The molecular formula is C20H18Cl2N2O2. The minimum atomic E-state index is -0.443. The number of carbonyl (C=O) groups excluding carboxylic acids is 1. The summed E-state index contributed by atoms with van der Waals surface area (Å²) in [7, 11) is 0. The van der Waals surface area contributed by atoms with Gasteiger partial charge in [-0.1, -0.05) is 29.3 Å². The van der Waals surface area contributed by atoms with Crippen molar-refractivity contribution >= 4 is 51.4 Å². The number of fused-ring (bicyclic) bond motifs is 1. The van der Waals surface area contributed by atoms with Gasteiger partial charge in [0.1, 0.15) is 5.56 Å². The predicted molar refractivity (Wildman–Crippen MR) is 107 cm³/mol. The quantitative estimate of drug-likeness (QED) is 0.550. The molecule has 1 heterocycles. The molecule has 0 radical (unpaired) electrons. The molecular weight excluding hydrogens is 371 g/mol. The minimum Gasteiger partial charge on any atom is -0.462 e. The van der Waals surface area contributed by atoms with Gasteiger partial charge in [0.2, 0.25) is 0 Å². The fourth-order valence-corrected chi connectivity index (χ4v) is 3.26. The number of nitrogens with zero attached hydrogens (tertiary/aromatic N) is 1. The molecule has 4 nitrogen and oxygen atoms in total. The summed E-state index contributed by atoms with van der Waals surface area (Å²) >= 11 is 12.5. The zero-order valence-electron chi connectivity index (χ0n) is 14.7. The second-order valence-corrected chi connectivity index (χ2v) is 6.77. The van der Waals surface area contributed by atoms with E-state index in [0.29, 0.717) is 21.3 Å². The van der Waals surface area contributed by atoms with Crippen LogP contribution in [-0.4, -0.2) is 17.6 Å². The van der Waals surface area contributed by atoms with Crippen LogP contribution in [0.3, 0.4) is 0 Å². The molecule has 0 atom stereocenters. The van der Waals surface area contributed by atoms with Crippen LogP contribution >= 0.6 is 23.2 Å². The van der Waals surface area contributed by atoms with Crippen molar-refractivity contribution in [1.29, 1.82) is 0 Å². The van der Waals surface area contributed by atoms with E-state index in [1.807, 2.05) is 38.1 Å². The predicted octanol–water partition coefficient (Wildman–Crippen LogP) is 6.08. The molecule has 3 aromatic rings. The number of anilines is 2. The first-order valence-electron chi connectivity index (χ1n) is 8.20. The average molecular weight is 389 g/mol. The van der Waals surface area contributed by atoms with Gasteiger partial charge in [-0.05, 0) is 56.2 Å². The second kappa shape index (κ2) is 7.52. The van der Waals surface area contributed by atoms with Gasteiger partial charge in [-0.2, -0.15) is 0 Å². The van der Waals surface area contributed by atoms with Crippen LogP contribution in [0, 0.1) is 13.8 Å². The Morgan fingerprint density at radius 2 is 2.00 bits per heavy atom. The van der Waals surface area contributed by atoms with Crippen molar-refractivity contribution in [2.24, 2.45) is 0 Å². The maximum absolute atomic E-state index is 12.5. The van der Waals surface area contributed by atoms with Crippen molar-refractivity contribution in [2.45, 2.75) is 20.8 Å². The lowest BCUT2D eigenvalue weighted by molar-refractivity contribution is 0.0527. The van der Waals surface area contributed by atoms with E-state index < -0.39 is 5.97 Å². The van der Waals surface area contributed by atoms with Gasteiger partial charge >= 0.3 is 5.97 Å². The Morgan fingerprint density at radius 3 is 2.73 bits per heavy atom. The number of ether oxygens (including phenoxy) is 1. The summed E-state index contributed by atoms with van der Waals surface area (Å²) in [4.78, 5) is 16.9. The smallest absolute Gasteiger partial charge is 0.341 e. The highest BCUT2D eigenvalue weighted by Gasteiger charge is 2.19. The highest BCUT2D eigenvalue weighted by molar-refractivity contribution is 6.32. The molecule has 0 amide bonds. The Balaban J connectivity index is 2.26. The molecule has 0 aliphatic heterocycles. The third-order valence-electron chi connectivity index (χ3n) is 4.15. The van der Waals surface area contributed by atoms with E-state index in [1.165, 1.54) is 6.20 Å². The number of esters is 1. The summed E-state index contributed by atoms with van der Waals surface area (Å²) in [6, 6.07) is 9.21. The number of hydrogen-bond donors (Lipinski definition) is 1. The van der Waals surface area contributed by atoms with Gasteiger partial charge in [0.25, 0.3) is 0 Å². The molecule has 0 saturated carbocycles. The largest absolute Gasteiger partial charge is 0.462 e. The Labute approximate surface area is 162 Å². The van der Waals surface area contributed by atoms with Gasteiger partial charge in [-0.25, -0.2) is 4.79 Å².